The standard InChI is InChI=1S/C7H9NO4/c9-6-2-1-3(5-4(2)12-5)8(6)7(10)11/h2-6,9H,1H2,(H,10,11)/t2-,3+,4+,5-,6?/m0/s1. The van der Waals surface area contributed by atoms with Gasteiger partial charge in [0.15, 0.2) is 0 Å². The summed E-state index contributed by atoms with van der Waals surface area (Å²) >= 11 is 0. The van der Waals surface area contributed by atoms with Crippen molar-refractivity contribution in [1.82, 2.24) is 4.90 Å². The molecule has 5 atom stereocenters. The van der Waals surface area contributed by atoms with Crippen molar-refractivity contribution in [3.05, 3.63) is 0 Å². The first-order chi connectivity index (χ1) is 5.70. The lowest BCUT2D eigenvalue weighted by Gasteiger charge is -2.26. The van der Waals surface area contributed by atoms with Gasteiger partial charge in [-0.3, -0.25) is 4.90 Å². The van der Waals surface area contributed by atoms with E-state index in [2.05, 4.69) is 0 Å². The number of fused-ring (bicyclic) bond motifs is 5. The minimum atomic E-state index is -1.04. The molecule has 1 unspecified atom stereocenters. The van der Waals surface area contributed by atoms with Gasteiger partial charge in [-0.1, -0.05) is 0 Å². The Labute approximate surface area is 68.5 Å². The minimum Gasteiger partial charge on any atom is -0.465 e. The van der Waals surface area contributed by atoms with Crippen LogP contribution in [0.1, 0.15) is 6.42 Å². The molecule has 12 heavy (non-hydrogen) atoms. The lowest BCUT2D eigenvalue weighted by molar-refractivity contribution is -0.00830. The summed E-state index contributed by atoms with van der Waals surface area (Å²) in [6.45, 7) is 0. The predicted molar refractivity (Wildman–Crippen MR) is 36.4 cm³/mol. The Morgan fingerprint density at radius 1 is 1.50 bits per heavy atom. The number of aliphatic hydroxyl groups excluding tert-OH is 1. The van der Waals surface area contributed by atoms with E-state index in [0.717, 1.165) is 11.3 Å². The monoisotopic (exact) mass is 171 g/mol. The molecular formula is C7H9NO4. The Hall–Kier alpha value is -0.810. The van der Waals surface area contributed by atoms with Crippen LogP contribution in [0.25, 0.3) is 0 Å². The third-order valence-corrected chi connectivity index (χ3v) is 3.12. The fraction of sp³-hybridized carbons (Fsp3) is 0.857. The second-order valence-corrected chi connectivity index (χ2v) is 3.64. The van der Waals surface area contributed by atoms with Crippen LogP contribution in [0.5, 0.6) is 0 Å². The van der Waals surface area contributed by atoms with Crippen LogP contribution in [-0.2, 0) is 4.74 Å². The number of nitrogens with zero attached hydrogens (tertiary/aromatic N) is 1. The third kappa shape index (κ3) is 0.560. The van der Waals surface area contributed by atoms with Crippen molar-refractivity contribution in [3.63, 3.8) is 0 Å². The largest absolute Gasteiger partial charge is 0.465 e. The zero-order valence-electron chi connectivity index (χ0n) is 6.25. The number of likely N-dealkylation sites (tertiary alicyclic amines) is 1. The van der Waals surface area contributed by atoms with Crippen LogP contribution in [0.3, 0.4) is 0 Å². The molecule has 2 heterocycles. The summed E-state index contributed by atoms with van der Waals surface area (Å²) < 4.78 is 5.23. The number of ether oxygens (including phenoxy) is 1. The Morgan fingerprint density at radius 3 is 2.83 bits per heavy atom. The van der Waals surface area contributed by atoms with Gasteiger partial charge in [0.2, 0.25) is 0 Å². The van der Waals surface area contributed by atoms with Crippen LogP contribution in [0.2, 0.25) is 0 Å². The van der Waals surface area contributed by atoms with E-state index in [1.54, 1.807) is 0 Å². The fourth-order valence-electron chi connectivity index (χ4n) is 2.56. The molecule has 2 aliphatic heterocycles. The first-order valence-corrected chi connectivity index (χ1v) is 4.05. The SMILES string of the molecule is O=C(O)N1C(O)[C@H]2C[C@@H]1[C@@H]1O[C@@H]12. The number of aliphatic hydroxyl groups is 1. The molecule has 1 saturated carbocycles. The highest BCUT2D eigenvalue weighted by atomic mass is 16.6. The Bertz CT molecular complexity index is 256. The molecule has 0 aromatic heterocycles. The average molecular weight is 171 g/mol. The third-order valence-electron chi connectivity index (χ3n) is 3.12. The zero-order valence-corrected chi connectivity index (χ0v) is 6.25. The number of epoxide rings is 1. The van der Waals surface area contributed by atoms with Crippen LogP contribution in [0.15, 0.2) is 0 Å². The van der Waals surface area contributed by atoms with Crippen LogP contribution < -0.4 is 0 Å². The molecule has 66 valence electrons. The van der Waals surface area contributed by atoms with E-state index >= 15 is 0 Å². The molecular weight excluding hydrogens is 162 g/mol. The highest BCUT2D eigenvalue weighted by Gasteiger charge is 2.67. The quantitative estimate of drug-likeness (QED) is 0.480. The molecule has 1 aliphatic carbocycles. The summed E-state index contributed by atoms with van der Waals surface area (Å²) in [6, 6.07) is -0.0903. The predicted octanol–water partition coefficient (Wildman–Crippen LogP) is -0.546. The number of amides is 1. The van der Waals surface area contributed by atoms with Crippen molar-refractivity contribution in [2.45, 2.75) is 30.9 Å². The number of rotatable bonds is 0. The molecule has 3 rings (SSSR count). The summed E-state index contributed by atoms with van der Waals surface area (Å²) in [4.78, 5) is 11.8. The van der Waals surface area contributed by atoms with Gasteiger partial charge in [-0.05, 0) is 6.42 Å². The van der Waals surface area contributed by atoms with Crippen LogP contribution >= 0.6 is 0 Å². The van der Waals surface area contributed by atoms with Crippen LogP contribution in [0.4, 0.5) is 4.79 Å². The van der Waals surface area contributed by atoms with Gasteiger partial charge < -0.3 is 14.9 Å². The van der Waals surface area contributed by atoms with Gasteiger partial charge in [0, 0.05) is 5.92 Å². The minimum absolute atomic E-state index is 0.0242. The van der Waals surface area contributed by atoms with Crippen molar-refractivity contribution >= 4 is 6.09 Å². The molecule has 2 N–H and O–H groups in total. The molecule has 2 saturated heterocycles. The van der Waals surface area contributed by atoms with Crippen LogP contribution in [-0.4, -0.2) is 45.7 Å². The fourth-order valence-corrected chi connectivity index (χ4v) is 2.56. The van der Waals surface area contributed by atoms with Gasteiger partial charge in [-0.25, -0.2) is 4.79 Å². The van der Waals surface area contributed by atoms with Gasteiger partial charge in [0.05, 0.1) is 12.1 Å². The summed E-state index contributed by atoms with van der Waals surface area (Å²) in [5.41, 5.74) is 0. The Balaban J connectivity index is 1.93. The second kappa shape index (κ2) is 1.75. The molecule has 3 fully saturated rings. The molecule has 5 nitrogen and oxygen atoms in total. The first-order valence-electron chi connectivity index (χ1n) is 4.05. The normalized spacial score (nSPS) is 54.1. The van der Waals surface area contributed by atoms with Gasteiger partial charge in [-0.2, -0.15) is 0 Å². The maximum absolute atomic E-state index is 10.7. The molecule has 0 aromatic rings. The Morgan fingerprint density at radius 2 is 2.25 bits per heavy atom. The number of piperidine rings is 1. The van der Waals surface area contributed by atoms with Crippen molar-refractivity contribution in [3.8, 4) is 0 Å². The topological polar surface area (TPSA) is 73.3 Å². The second-order valence-electron chi connectivity index (χ2n) is 3.64. The van der Waals surface area contributed by atoms with E-state index in [9.17, 15) is 9.90 Å². The van der Waals surface area contributed by atoms with Crippen molar-refractivity contribution in [2.75, 3.05) is 0 Å². The lowest BCUT2D eigenvalue weighted by atomic mass is 10.1. The van der Waals surface area contributed by atoms with Gasteiger partial charge in [0.1, 0.15) is 12.3 Å². The number of hydrogen-bond donors (Lipinski definition) is 2. The van der Waals surface area contributed by atoms with Gasteiger partial charge in [-0.15, -0.1) is 0 Å². The molecule has 3 aliphatic rings. The van der Waals surface area contributed by atoms with Gasteiger partial charge >= 0.3 is 6.09 Å². The maximum Gasteiger partial charge on any atom is 0.409 e. The smallest absolute Gasteiger partial charge is 0.409 e. The molecule has 5 heteroatoms. The van der Waals surface area contributed by atoms with E-state index in [4.69, 9.17) is 9.84 Å². The zero-order chi connectivity index (χ0) is 8.46. The average Bonchev–Trinajstić information content (AvgIpc) is 2.63. The van der Waals surface area contributed by atoms with Crippen molar-refractivity contribution in [1.29, 1.82) is 0 Å². The van der Waals surface area contributed by atoms with E-state index in [1.165, 1.54) is 0 Å². The van der Waals surface area contributed by atoms with Crippen molar-refractivity contribution in [2.24, 2.45) is 5.92 Å². The molecule has 0 aromatic carbocycles. The molecule has 1 amide bonds. The highest BCUT2D eigenvalue weighted by Crippen LogP contribution is 2.53. The number of carbonyl (C=O) groups is 1. The Kier molecular flexibility index (Phi) is 0.973. The molecule has 2 bridgehead atoms. The van der Waals surface area contributed by atoms with E-state index in [0.29, 0.717) is 0 Å². The number of carboxylic acid groups (broad SMARTS) is 1. The maximum atomic E-state index is 10.7. The lowest BCUT2D eigenvalue weighted by Crippen LogP contribution is -2.47. The molecule has 0 spiro atoms. The first kappa shape index (κ1) is 6.68. The van der Waals surface area contributed by atoms with E-state index in [1.807, 2.05) is 0 Å². The summed E-state index contributed by atoms with van der Waals surface area (Å²) in [6.07, 6.45) is -0.890. The summed E-state index contributed by atoms with van der Waals surface area (Å²) in [5.74, 6) is 0.0242. The molecule has 0 radical (unpaired) electrons. The summed E-state index contributed by atoms with van der Waals surface area (Å²) in [5, 5.41) is 18.3. The van der Waals surface area contributed by atoms with E-state index < -0.39 is 12.3 Å². The van der Waals surface area contributed by atoms with E-state index in [-0.39, 0.29) is 24.2 Å². The van der Waals surface area contributed by atoms with Gasteiger partial charge in [0.25, 0.3) is 0 Å². The summed E-state index contributed by atoms with van der Waals surface area (Å²) in [7, 11) is 0. The number of hydrogen-bond acceptors (Lipinski definition) is 3. The van der Waals surface area contributed by atoms with Crippen LogP contribution in [0, 0.1) is 5.92 Å². The van der Waals surface area contributed by atoms with Crippen molar-refractivity contribution < 1.29 is 19.7 Å². The highest BCUT2D eigenvalue weighted by molar-refractivity contribution is 5.67.